The monoisotopic (exact) mass is 877 g/mol. The van der Waals surface area contributed by atoms with E-state index in [4.69, 9.17) is 9.47 Å². The van der Waals surface area contributed by atoms with E-state index in [1.807, 2.05) is 74.7 Å². The first-order valence-electron chi connectivity index (χ1n) is 19.7. The van der Waals surface area contributed by atoms with E-state index in [-0.39, 0.29) is 40.6 Å². The number of aromatic amines is 2. The van der Waals surface area contributed by atoms with Crippen LogP contribution in [-0.2, 0) is 20.4 Å². The van der Waals surface area contributed by atoms with Gasteiger partial charge in [0, 0.05) is 63.4 Å². The Bertz CT molecular complexity index is 2940. The Morgan fingerprint density at radius 1 is 0.762 bits per heavy atom. The first kappa shape index (κ1) is 44.0. The van der Waals surface area contributed by atoms with Gasteiger partial charge in [-0.2, -0.15) is 13.2 Å². The zero-order valence-corrected chi connectivity index (χ0v) is 35.3. The van der Waals surface area contributed by atoms with E-state index in [1.165, 1.54) is 36.5 Å². The van der Waals surface area contributed by atoms with Gasteiger partial charge in [0.15, 0.2) is 0 Å². The van der Waals surface area contributed by atoms with E-state index in [0.717, 1.165) is 22.6 Å². The van der Waals surface area contributed by atoms with Crippen LogP contribution in [-0.4, -0.2) is 59.2 Å². The molecule has 0 aliphatic carbocycles. The predicted octanol–water partition coefficient (Wildman–Crippen LogP) is 9.24. The number of rotatable bonds is 8. The van der Waals surface area contributed by atoms with Crippen molar-refractivity contribution in [2.75, 3.05) is 29.2 Å². The lowest BCUT2D eigenvalue weighted by Crippen LogP contribution is -2.37. The summed E-state index contributed by atoms with van der Waals surface area (Å²) in [6.07, 6.45) is -2.37. The number of anilines is 3. The number of ether oxygens (including phenoxy) is 2. The summed E-state index contributed by atoms with van der Waals surface area (Å²) in [6.45, 7) is 5.72. The highest BCUT2D eigenvalue weighted by Crippen LogP contribution is 2.40. The number of halogens is 3. The number of H-pyrrole nitrogens is 2. The summed E-state index contributed by atoms with van der Waals surface area (Å²) < 4.78 is 53.2. The number of nitrogens with zero attached hydrogens (tertiary/aromatic N) is 1. The first-order chi connectivity index (χ1) is 30.0. The molecule has 7 aromatic rings. The van der Waals surface area contributed by atoms with Gasteiger partial charge < -0.3 is 35.0 Å². The van der Waals surface area contributed by atoms with E-state index in [9.17, 15) is 37.1 Å². The van der Waals surface area contributed by atoms with E-state index in [1.54, 1.807) is 41.7 Å². The highest BCUT2D eigenvalue weighted by atomic mass is 32.1. The Balaban J connectivity index is 0.000000205. The zero-order chi connectivity index (χ0) is 45.1. The summed E-state index contributed by atoms with van der Waals surface area (Å²) in [5, 5.41) is 7.79. The molecule has 2 atom stereocenters. The quantitative estimate of drug-likeness (QED) is 0.110. The van der Waals surface area contributed by atoms with Crippen LogP contribution in [0.25, 0.3) is 32.2 Å². The Morgan fingerprint density at radius 2 is 1.38 bits per heavy atom. The van der Waals surface area contributed by atoms with Crippen LogP contribution in [0.15, 0.2) is 130 Å². The van der Waals surface area contributed by atoms with Crippen LogP contribution < -0.4 is 26.4 Å². The van der Waals surface area contributed by atoms with Crippen molar-refractivity contribution in [3.8, 4) is 10.4 Å². The summed E-state index contributed by atoms with van der Waals surface area (Å²) in [4.78, 5) is 71.6. The number of alkyl halides is 3. The number of hydrogen-bond donors (Lipinski definition) is 4. The average molecular weight is 878 g/mol. The fourth-order valence-electron chi connectivity index (χ4n) is 7.34. The molecule has 0 radical (unpaired) electrons. The van der Waals surface area contributed by atoms with Crippen LogP contribution >= 0.6 is 11.3 Å². The minimum absolute atomic E-state index is 0.0974. The number of benzene rings is 4. The molecule has 4 heterocycles. The van der Waals surface area contributed by atoms with Gasteiger partial charge in [-0.25, -0.2) is 4.79 Å². The third-order valence-corrected chi connectivity index (χ3v) is 11.1. The Kier molecular flexibility index (Phi) is 12.7. The highest BCUT2D eigenvalue weighted by Gasteiger charge is 2.41. The predicted molar refractivity (Wildman–Crippen MR) is 239 cm³/mol. The van der Waals surface area contributed by atoms with Crippen LogP contribution in [0, 0.1) is 0 Å². The first-order valence-corrected chi connectivity index (χ1v) is 20.6. The number of carbonyl (C=O) groups is 3. The molecule has 4 N–H and O–H groups in total. The number of para-hydroxylation sites is 2. The maximum Gasteiger partial charge on any atom is 0.418 e. The summed E-state index contributed by atoms with van der Waals surface area (Å²) in [6, 6.07) is 27.8. The van der Waals surface area contributed by atoms with Crippen molar-refractivity contribution in [1.29, 1.82) is 0 Å². The molecule has 8 rings (SSSR count). The standard InChI is InChI=1S/C27H28F3N3O5.C20H14N2O2S/c1-26(2,3)38-16-12-22(25(36)37-4)33(14-16)15-9-10-21(19(11-15)27(28,29)30)32-24(35)18-13-31-20-8-6-5-7-17(20)23(18)34;23-19-15-7-1-2-8-17(15)21-12-16(19)20(24)22-14-6-3-5-13(11-14)18-9-4-10-25-18/h5-11,13,16,22H,12,14H2,1-4H3,(H,31,34)(H,32,35);1-12H,(H,21,23)(H,22,24)/t16-,22+;/m1./s1. The SMILES string of the molecule is COC(=O)[C@@H]1C[C@@H](OC(C)(C)C)CN1c1ccc(NC(=O)c2c[nH]c3ccccc3c2=O)c(C(F)(F)F)c1.O=C(Nc1cccc(-c2cccs2)c1)c1c[nH]c2ccccc2c1=O. The van der Waals surface area contributed by atoms with Crippen molar-refractivity contribution in [1.82, 2.24) is 9.97 Å². The highest BCUT2D eigenvalue weighted by molar-refractivity contribution is 7.13. The summed E-state index contributed by atoms with van der Waals surface area (Å²) in [5.41, 5.74) is -0.261. The van der Waals surface area contributed by atoms with Crippen molar-refractivity contribution in [3.63, 3.8) is 0 Å². The summed E-state index contributed by atoms with van der Waals surface area (Å²) >= 11 is 1.64. The molecule has 12 nitrogen and oxygen atoms in total. The second-order valence-electron chi connectivity index (χ2n) is 15.6. The van der Waals surface area contributed by atoms with Gasteiger partial charge in [-0.05, 0) is 92.4 Å². The minimum Gasteiger partial charge on any atom is -0.467 e. The van der Waals surface area contributed by atoms with Crippen LogP contribution in [0.4, 0.5) is 30.2 Å². The molecule has 63 heavy (non-hydrogen) atoms. The zero-order valence-electron chi connectivity index (χ0n) is 34.5. The number of thiophene rings is 1. The molecule has 1 fully saturated rings. The lowest BCUT2D eigenvalue weighted by Gasteiger charge is -2.27. The molecule has 3 aromatic heterocycles. The molecule has 0 spiro atoms. The van der Waals surface area contributed by atoms with E-state index >= 15 is 0 Å². The number of nitrogens with one attached hydrogen (secondary N) is 4. The van der Waals surface area contributed by atoms with Gasteiger partial charge in [-0.1, -0.05) is 42.5 Å². The van der Waals surface area contributed by atoms with Crippen molar-refractivity contribution < 1.29 is 37.0 Å². The number of aromatic nitrogens is 2. The number of methoxy groups -OCH3 is 1. The largest absolute Gasteiger partial charge is 0.467 e. The molecular formula is C47H42F3N5O7S. The topological polar surface area (TPSA) is 163 Å². The van der Waals surface area contributed by atoms with Crippen molar-refractivity contribution >= 4 is 68.0 Å². The number of amides is 2. The van der Waals surface area contributed by atoms with Crippen molar-refractivity contribution in [2.24, 2.45) is 0 Å². The molecule has 16 heteroatoms. The van der Waals surface area contributed by atoms with Crippen molar-refractivity contribution in [3.05, 3.63) is 158 Å². The maximum atomic E-state index is 14.1. The smallest absolute Gasteiger partial charge is 0.418 e. The molecule has 0 unspecified atom stereocenters. The molecule has 0 saturated carbocycles. The van der Waals surface area contributed by atoms with Crippen LogP contribution in [0.2, 0.25) is 0 Å². The van der Waals surface area contributed by atoms with Gasteiger partial charge in [-0.15, -0.1) is 11.3 Å². The molecule has 1 aliphatic heterocycles. The van der Waals surface area contributed by atoms with Gasteiger partial charge in [0.1, 0.15) is 17.2 Å². The average Bonchev–Trinajstić information content (AvgIpc) is 3.95. The van der Waals surface area contributed by atoms with Gasteiger partial charge in [0.2, 0.25) is 10.9 Å². The number of pyridine rings is 2. The third kappa shape index (κ3) is 10.0. The van der Waals surface area contributed by atoms with Gasteiger partial charge >= 0.3 is 12.1 Å². The van der Waals surface area contributed by atoms with Crippen LogP contribution in [0.5, 0.6) is 0 Å². The van der Waals surface area contributed by atoms with Crippen LogP contribution in [0.3, 0.4) is 0 Å². The Morgan fingerprint density at radius 3 is 1.95 bits per heavy atom. The molecule has 4 aromatic carbocycles. The molecule has 324 valence electrons. The second-order valence-corrected chi connectivity index (χ2v) is 16.6. The normalized spacial score (nSPS) is 15.1. The van der Waals surface area contributed by atoms with Gasteiger partial charge in [0.05, 0.1) is 30.1 Å². The molecule has 1 saturated heterocycles. The summed E-state index contributed by atoms with van der Waals surface area (Å²) in [5.74, 6) is -2.00. The van der Waals surface area contributed by atoms with Gasteiger partial charge in [0.25, 0.3) is 11.8 Å². The molecule has 2 amide bonds. The Hall–Kier alpha value is -7.04. The van der Waals surface area contributed by atoms with E-state index in [0.29, 0.717) is 22.1 Å². The number of fused-ring (bicyclic) bond motifs is 2. The van der Waals surface area contributed by atoms with Gasteiger partial charge in [-0.3, -0.25) is 19.2 Å². The van der Waals surface area contributed by atoms with Crippen LogP contribution in [0.1, 0.15) is 53.5 Å². The number of esters is 1. The number of hydrogen-bond acceptors (Lipinski definition) is 9. The fourth-order valence-corrected chi connectivity index (χ4v) is 8.06. The van der Waals surface area contributed by atoms with E-state index < -0.39 is 58.4 Å². The minimum atomic E-state index is -4.84. The van der Waals surface area contributed by atoms with E-state index in [2.05, 4.69) is 20.6 Å². The second kappa shape index (κ2) is 18.1. The fraction of sp³-hybridized carbons (Fsp3) is 0.213. The lowest BCUT2D eigenvalue weighted by molar-refractivity contribution is -0.142. The Labute approximate surface area is 362 Å². The summed E-state index contributed by atoms with van der Waals surface area (Å²) in [7, 11) is 1.22. The molecule has 1 aliphatic rings. The van der Waals surface area contributed by atoms with Crippen molar-refractivity contribution in [2.45, 2.75) is 51.1 Å². The number of carbonyl (C=O) groups excluding carboxylic acids is 3. The maximum absolute atomic E-state index is 14.1. The molecule has 0 bridgehead atoms. The molecular weight excluding hydrogens is 836 g/mol. The third-order valence-electron chi connectivity index (χ3n) is 10.1. The lowest BCUT2D eigenvalue weighted by atomic mass is 10.1.